The number of carboxylic acid groups (broad SMARTS) is 1. The molecular weight excluding hydrogens is 362 g/mol. The van der Waals surface area contributed by atoms with E-state index in [2.05, 4.69) is 20.9 Å². The van der Waals surface area contributed by atoms with Crippen LogP contribution >= 0.6 is 15.9 Å². The van der Waals surface area contributed by atoms with Crippen LogP contribution in [0.2, 0.25) is 0 Å². The van der Waals surface area contributed by atoms with Crippen LogP contribution in [-0.2, 0) is 14.8 Å². The number of anilines is 1. The molecule has 21 heavy (non-hydrogen) atoms. The first-order valence-electron chi connectivity index (χ1n) is 6.44. The second-order valence-electron chi connectivity index (χ2n) is 4.68. The minimum atomic E-state index is -3.49. The molecule has 0 aliphatic carbocycles. The minimum Gasteiger partial charge on any atom is -0.481 e. The predicted octanol–water partition coefficient (Wildman–Crippen LogP) is 0.771. The molecule has 0 atom stereocenters. The Hall–Kier alpha value is -1.19. The van der Waals surface area contributed by atoms with Gasteiger partial charge in [-0.3, -0.25) is 4.79 Å². The summed E-state index contributed by atoms with van der Waals surface area (Å²) >= 11 is 3.32. The first-order valence-corrected chi connectivity index (χ1v) is 8.85. The fourth-order valence-corrected chi connectivity index (χ4v) is 3.74. The first kappa shape index (κ1) is 16.2. The summed E-state index contributed by atoms with van der Waals surface area (Å²) < 4.78 is 26.2. The van der Waals surface area contributed by atoms with E-state index in [-0.39, 0.29) is 12.2 Å². The van der Waals surface area contributed by atoms with Crippen LogP contribution in [0.1, 0.15) is 6.42 Å². The van der Waals surface area contributed by atoms with Crippen LogP contribution < -0.4 is 4.90 Å². The summed E-state index contributed by atoms with van der Waals surface area (Å²) in [6.45, 7) is 1.78. The Morgan fingerprint density at radius 2 is 1.95 bits per heavy atom. The quantitative estimate of drug-likeness (QED) is 0.814. The normalized spacial score (nSPS) is 16.9. The zero-order chi connectivity index (χ0) is 15.5. The Kier molecular flexibility index (Phi) is 5.17. The number of rotatable bonds is 5. The van der Waals surface area contributed by atoms with Crippen molar-refractivity contribution in [1.29, 1.82) is 0 Å². The van der Waals surface area contributed by atoms with Gasteiger partial charge in [-0.05, 0) is 28.1 Å². The molecule has 1 aromatic heterocycles. The molecule has 2 rings (SSSR count). The highest BCUT2D eigenvalue weighted by Crippen LogP contribution is 2.17. The van der Waals surface area contributed by atoms with Crippen LogP contribution in [0.3, 0.4) is 0 Å². The molecule has 1 N–H and O–H groups in total. The molecule has 0 bridgehead atoms. The lowest BCUT2D eigenvalue weighted by Gasteiger charge is -2.34. The lowest BCUT2D eigenvalue weighted by atomic mass is 10.3. The van der Waals surface area contributed by atoms with E-state index in [9.17, 15) is 13.2 Å². The molecule has 1 aliphatic rings. The number of carbonyl (C=O) groups is 1. The van der Waals surface area contributed by atoms with E-state index >= 15 is 0 Å². The van der Waals surface area contributed by atoms with Crippen molar-refractivity contribution >= 4 is 37.7 Å². The summed E-state index contributed by atoms with van der Waals surface area (Å²) in [5, 5.41) is 8.59. The van der Waals surface area contributed by atoms with Gasteiger partial charge in [-0.1, -0.05) is 0 Å². The number of halogens is 1. The Labute approximate surface area is 131 Å². The Morgan fingerprint density at radius 3 is 2.48 bits per heavy atom. The lowest BCUT2D eigenvalue weighted by molar-refractivity contribution is -0.136. The third kappa shape index (κ3) is 4.39. The van der Waals surface area contributed by atoms with E-state index in [1.807, 2.05) is 17.0 Å². The zero-order valence-corrected chi connectivity index (χ0v) is 13.7. The topological polar surface area (TPSA) is 90.8 Å². The number of sulfonamides is 1. The van der Waals surface area contributed by atoms with Crippen LogP contribution in [0.25, 0.3) is 0 Å². The van der Waals surface area contributed by atoms with Gasteiger partial charge >= 0.3 is 5.97 Å². The van der Waals surface area contributed by atoms with Gasteiger partial charge in [0.2, 0.25) is 10.0 Å². The smallest absolute Gasteiger partial charge is 0.304 e. The summed E-state index contributed by atoms with van der Waals surface area (Å²) in [7, 11) is -3.49. The second kappa shape index (κ2) is 6.71. The summed E-state index contributed by atoms with van der Waals surface area (Å²) in [5.74, 6) is -0.643. The molecule has 0 unspecified atom stereocenters. The maximum atomic E-state index is 12.0. The fraction of sp³-hybridized carbons (Fsp3) is 0.500. The van der Waals surface area contributed by atoms with Gasteiger partial charge in [0.25, 0.3) is 0 Å². The zero-order valence-electron chi connectivity index (χ0n) is 11.3. The van der Waals surface area contributed by atoms with Gasteiger partial charge in [0.15, 0.2) is 0 Å². The minimum absolute atomic E-state index is 0.347. The lowest BCUT2D eigenvalue weighted by Crippen LogP contribution is -2.49. The molecule has 1 aliphatic heterocycles. The van der Waals surface area contributed by atoms with E-state index in [0.29, 0.717) is 26.2 Å². The summed E-state index contributed by atoms with van der Waals surface area (Å²) in [6, 6.07) is 3.76. The highest BCUT2D eigenvalue weighted by molar-refractivity contribution is 9.10. The van der Waals surface area contributed by atoms with Crippen LogP contribution in [0.15, 0.2) is 22.8 Å². The van der Waals surface area contributed by atoms with E-state index in [4.69, 9.17) is 5.11 Å². The molecule has 0 aromatic carbocycles. The molecule has 0 saturated carbocycles. The third-order valence-electron chi connectivity index (χ3n) is 3.24. The number of hydrogen-bond donors (Lipinski definition) is 1. The number of aliphatic carboxylic acids is 1. The molecular formula is C12H16BrN3O4S. The van der Waals surface area contributed by atoms with Gasteiger partial charge in [0.05, 0.1) is 12.2 Å². The van der Waals surface area contributed by atoms with E-state index in [1.54, 1.807) is 6.20 Å². The van der Waals surface area contributed by atoms with Crippen molar-refractivity contribution in [1.82, 2.24) is 9.29 Å². The number of aromatic nitrogens is 1. The molecule has 0 spiro atoms. The maximum absolute atomic E-state index is 12.0. The number of carboxylic acids is 1. The highest BCUT2D eigenvalue weighted by Gasteiger charge is 2.27. The van der Waals surface area contributed by atoms with Gasteiger partial charge in [-0.25, -0.2) is 13.4 Å². The van der Waals surface area contributed by atoms with Gasteiger partial charge in [0.1, 0.15) is 5.82 Å². The van der Waals surface area contributed by atoms with E-state index in [0.717, 1.165) is 10.3 Å². The molecule has 9 heteroatoms. The molecule has 1 fully saturated rings. The summed E-state index contributed by atoms with van der Waals surface area (Å²) in [6.07, 6.45) is 1.34. The van der Waals surface area contributed by atoms with Crippen molar-refractivity contribution in [3.05, 3.63) is 22.8 Å². The molecule has 0 amide bonds. The summed E-state index contributed by atoms with van der Waals surface area (Å²) in [4.78, 5) is 16.8. The van der Waals surface area contributed by atoms with Crippen molar-refractivity contribution < 1.29 is 18.3 Å². The maximum Gasteiger partial charge on any atom is 0.304 e. The van der Waals surface area contributed by atoms with Gasteiger partial charge < -0.3 is 10.0 Å². The van der Waals surface area contributed by atoms with Crippen molar-refractivity contribution in [3.8, 4) is 0 Å². The molecule has 7 nitrogen and oxygen atoms in total. The fourth-order valence-electron chi connectivity index (χ4n) is 2.10. The monoisotopic (exact) mass is 377 g/mol. The Balaban J connectivity index is 1.93. The van der Waals surface area contributed by atoms with Crippen molar-refractivity contribution in [2.45, 2.75) is 6.42 Å². The second-order valence-corrected chi connectivity index (χ2v) is 7.68. The van der Waals surface area contributed by atoms with Gasteiger partial charge in [-0.2, -0.15) is 4.31 Å². The predicted molar refractivity (Wildman–Crippen MR) is 81.8 cm³/mol. The van der Waals surface area contributed by atoms with Crippen LogP contribution in [0.4, 0.5) is 5.82 Å². The molecule has 1 saturated heterocycles. The summed E-state index contributed by atoms with van der Waals surface area (Å²) in [5.41, 5.74) is 0. The van der Waals surface area contributed by atoms with E-state index in [1.165, 1.54) is 4.31 Å². The number of piperazine rings is 1. The first-order chi connectivity index (χ1) is 9.88. The van der Waals surface area contributed by atoms with E-state index < -0.39 is 16.0 Å². The SMILES string of the molecule is O=C(O)CCS(=O)(=O)N1CCN(c2ccc(Br)cn2)CC1. The largest absolute Gasteiger partial charge is 0.481 e. The highest BCUT2D eigenvalue weighted by atomic mass is 79.9. The Morgan fingerprint density at radius 1 is 1.29 bits per heavy atom. The van der Waals surface area contributed by atoms with Gasteiger partial charge in [-0.15, -0.1) is 0 Å². The standard InChI is InChI=1S/C12H16BrN3O4S/c13-10-1-2-11(14-9-10)15-4-6-16(7-5-15)21(19,20)8-3-12(17)18/h1-2,9H,3-8H2,(H,17,18). The molecule has 0 radical (unpaired) electrons. The van der Waals surface area contributed by atoms with Crippen LogP contribution in [0.5, 0.6) is 0 Å². The van der Waals surface area contributed by atoms with Crippen molar-refractivity contribution in [2.24, 2.45) is 0 Å². The number of hydrogen-bond acceptors (Lipinski definition) is 5. The van der Waals surface area contributed by atoms with Crippen LogP contribution in [0, 0.1) is 0 Å². The number of pyridine rings is 1. The Bertz CT molecular complexity index is 597. The van der Waals surface area contributed by atoms with Gasteiger partial charge in [0, 0.05) is 36.8 Å². The average Bonchev–Trinajstić information content (AvgIpc) is 2.46. The third-order valence-corrected chi connectivity index (χ3v) is 5.58. The molecule has 1 aromatic rings. The van der Waals surface area contributed by atoms with Crippen molar-refractivity contribution in [3.63, 3.8) is 0 Å². The average molecular weight is 378 g/mol. The molecule has 116 valence electrons. The molecule has 2 heterocycles. The van der Waals surface area contributed by atoms with Crippen LogP contribution in [-0.4, -0.2) is 60.7 Å². The number of nitrogens with zero attached hydrogens (tertiary/aromatic N) is 3. The van der Waals surface area contributed by atoms with Crippen molar-refractivity contribution in [2.75, 3.05) is 36.8 Å².